The van der Waals surface area contributed by atoms with Crippen molar-refractivity contribution < 1.29 is 14.0 Å². The predicted molar refractivity (Wildman–Crippen MR) is 126 cm³/mol. The molecule has 8 nitrogen and oxygen atoms in total. The Labute approximate surface area is 198 Å². The summed E-state index contributed by atoms with van der Waals surface area (Å²) in [7, 11) is 0. The number of amides is 2. The number of nitrogens with zero attached hydrogens (tertiary/aromatic N) is 4. The zero-order chi connectivity index (χ0) is 24.5. The molecule has 0 bridgehead atoms. The molecule has 2 amide bonds. The summed E-state index contributed by atoms with van der Waals surface area (Å²) in [4.78, 5) is 34.2. The van der Waals surface area contributed by atoms with Gasteiger partial charge in [0, 0.05) is 19.2 Å². The van der Waals surface area contributed by atoms with Gasteiger partial charge in [-0.2, -0.15) is 14.6 Å². The molecule has 0 saturated heterocycles. The van der Waals surface area contributed by atoms with Crippen LogP contribution in [0.1, 0.15) is 72.1 Å². The first-order chi connectivity index (χ1) is 16.2. The molecule has 0 aliphatic heterocycles. The minimum atomic E-state index is -0.454. The SMILES string of the molecule is Cc1cc(CNC(=O)c2cc(C(=O)NC[C@@H]3CCCC(C)(C)[C@H]3C)n3ncnc3n2)ccc1F. The largest absolute Gasteiger partial charge is 0.350 e. The summed E-state index contributed by atoms with van der Waals surface area (Å²) in [5.41, 5.74) is 1.78. The van der Waals surface area contributed by atoms with Gasteiger partial charge in [0.05, 0.1) is 0 Å². The maximum Gasteiger partial charge on any atom is 0.270 e. The van der Waals surface area contributed by atoms with E-state index in [1.165, 1.54) is 29.4 Å². The van der Waals surface area contributed by atoms with Crippen molar-refractivity contribution in [2.45, 2.75) is 53.5 Å². The summed E-state index contributed by atoms with van der Waals surface area (Å²) >= 11 is 0. The molecule has 1 aliphatic rings. The van der Waals surface area contributed by atoms with Crippen molar-refractivity contribution in [2.75, 3.05) is 6.54 Å². The second-order valence-corrected chi connectivity index (χ2v) is 9.90. The molecule has 4 rings (SSSR count). The molecule has 1 aliphatic carbocycles. The Hall–Kier alpha value is -3.36. The number of hydrogen-bond acceptors (Lipinski definition) is 5. The second-order valence-electron chi connectivity index (χ2n) is 9.90. The summed E-state index contributed by atoms with van der Waals surface area (Å²) in [6.07, 6.45) is 4.72. The van der Waals surface area contributed by atoms with Crippen LogP contribution in [0, 0.1) is 30.0 Å². The molecular formula is C25H31FN6O2. The predicted octanol–water partition coefficient (Wildman–Crippen LogP) is 3.69. The quantitative estimate of drug-likeness (QED) is 0.577. The van der Waals surface area contributed by atoms with Crippen LogP contribution in [0.4, 0.5) is 4.39 Å². The van der Waals surface area contributed by atoms with Gasteiger partial charge >= 0.3 is 0 Å². The van der Waals surface area contributed by atoms with Gasteiger partial charge in [-0.15, -0.1) is 0 Å². The zero-order valence-corrected chi connectivity index (χ0v) is 20.1. The Morgan fingerprint density at radius 3 is 2.76 bits per heavy atom. The minimum Gasteiger partial charge on any atom is -0.350 e. The van der Waals surface area contributed by atoms with Crippen LogP contribution in [0.3, 0.4) is 0 Å². The fraction of sp³-hybridized carbons (Fsp3) is 0.480. The average Bonchev–Trinajstić information content (AvgIpc) is 3.28. The molecule has 1 aromatic carbocycles. The normalized spacial score (nSPS) is 19.7. The van der Waals surface area contributed by atoms with Crippen molar-refractivity contribution in [3.05, 3.63) is 58.9 Å². The van der Waals surface area contributed by atoms with Crippen molar-refractivity contribution in [1.29, 1.82) is 0 Å². The fourth-order valence-electron chi connectivity index (χ4n) is 4.71. The van der Waals surface area contributed by atoms with E-state index < -0.39 is 5.91 Å². The molecular weight excluding hydrogens is 435 g/mol. The third kappa shape index (κ3) is 4.93. The molecule has 2 atom stereocenters. The summed E-state index contributed by atoms with van der Waals surface area (Å²) in [6, 6.07) is 6.09. The molecule has 34 heavy (non-hydrogen) atoms. The first-order valence-electron chi connectivity index (χ1n) is 11.7. The highest BCUT2D eigenvalue weighted by Gasteiger charge is 2.35. The lowest BCUT2D eigenvalue weighted by molar-refractivity contribution is 0.0785. The van der Waals surface area contributed by atoms with Crippen molar-refractivity contribution >= 4 is 17.6 Å². The number of hydrogen-bond donors (Lipinski definition) is 2. The molecule has 0 spiro atoms. The van der Waals surface area contributed by atoms with E-state index in [0.29, 0.717) is 23.9 Å². The Balaban J connectivity index is 1.48. The number of carbonyl (C=O) groups is 2. The monoisotopic (exact) mass is 466 g/mol. The molecule has 2 aromatic heterocycles. The highest BCUT2D eigenvalue weighted by Crippen LogP contribution is 2.43. The van der Waals surface area contributed by atoms with Gasteiger partial charge in [0.1, 0.15) is 23.5 Å². The highest BCUT2D eigenvalue weighted by molar-refractivity contribution is 5.98. The zero-order valence-electron chi connectivity index (χ0n) is 20.1. The van der Waals surface area contributed by atoms with E-state index in [0.717, 1.165) is 18.4 Å². The molecule has 3 aromatic rings. The third-order valence-corrected chi connectivity index (χ3v) is 7.25. The minimum absolute atomic E-state index is 0.0663. The molecule has 2 N–H and O–H groups in total. The van der Waals surface area contributed by atoms with Crippen LogP contribution >= 0.6 is 0 Å². The highest BCUT2D eigenvalue weighted by atomic mass is 19.1. The van der Waals surface area contributed by atoms with Gasteiger partial charge in [-0.05, 0) is 54.2 Å². The first kappa shape index (κ1) is 23.8. The van der Waals surface area contributed by atoms with Crippen LogP contribution in [0.2, 0.25) is 0 Å². The van der Waals surface area contributed by atoms with Crippen LogP contribution in [0.15, 0.2) is 30.6 Å². The van der Waals surface area contributed by atoms with Crippen LogP contribution in [0.5, 0.6) is 0 Å². The second kappa shape index (κ2) is 9.48. The van der Waals surface area contributed by atoms with E-state index in [4.69, 9.17) is 0 Å². The van der Waals surface area contributed by atoms with Gasteiger partial charge in [0.25, 0.3) is 17.6 Å². The van der Waals surface area contributed by atoms with E-state index in [9.17, 15) is 14.0 Å². The van der Waals surface area contributed by atoms with Crippen LogP contribution in [0.25, 0.3) is 5.78 Å². The third-order valence-electron chi connectivity index (χ3n) is 7.25. The van der Waals surface area contributed by atoms with Crippen molar-refractivity contribution in [1.82, 2.24) is 30.2 Å². The van der Waals surface area contributed by atoms with Gasteiger partial charge in [0.2, 0.25) is 0 Å². The van der Waals surface area contributed by atoms with E-state index >= 15 is 0 Å². The first-order valence-corrected chi connectivity index (χ1v) is 11.7. The molecule has 1 saturated carbocycles. The number of nitrogens with one attached hydrogen (secondary N) is 2. The lowest BCUT2D eigenvalue weighted by Crippen LogP contribution is -2.40. The number of rotatable bonds is 6. The van der Waals surface area contributed by atoms with Crippen molar-refractivity contribution in [3.63, 3.8) is 0 Å². The van der Waals surface area contributed by atoms with E-state index in [1.807, 2.05) is 0 Å². The maximum atomic E-state index is 13.5. The number of carbonyl (C=O) groups excluding carboxylic acids is 2. The van der Waals surface area contributed by atoms with Crippen LogP contribution < -0.4 is 10.6 Å². The molecule has 9 heteroatoms. The Kier molecular flexibility index (Phi) is 6.63. The van der Waals surface area contributed by atoms with Crippen molar-refractivity contribution in [3.8, 4) is 0 Å². The number of benzene rings is 1. The molecule has 2 heterocycles. The fourth-order valence-corrected chi connectivity index (χ4v) is 4.71. The Morgan fingerprint density at radius 2 is 2.00 bits per heavy atom. The van der Waals surface area contributed by atoms with Gasteiger partial charge in [-0.1, -0.05) is 39.3 Å². The lowest BCUT2D eigenvalue weighted by atomic mass is 9.64. The molecule has 180 valence electrons. The van der Waals surface area contributed by atoms with Crippen LogP contribution in [-0.4, -0.2) is 37.9 Å². The topological polar surface area (TPSA) is 101 Å². The molecule has 0 unspecified atom stereocenters. The summed E-state index contributed by atoms with van der Waals surface area (Å²) in [5, 5.41) is 9.90. The van der Waals surface area contributed by atoms with Gasteiger partial charge in [0.15, 0.2) is 0 Å². The van der Waals surface area contributed by atoms with Gasteiger partial charge in [-0.3, -0.25) is 9.59 Å². The Morgan fingerprint density at radius 1 is 1.21 bits per heavy atom. The standard InChI is InChI=1S/C25H31FN6O2/c1-15-10-17(7-8-19(15)26)12-27-22(33)20-11-21(32-24(31-20)29-14-30-32)23(34)28-13-18-6-5-9-25(3,4)16(18)2/h7-8,10-11,14,16,18H,5-6,9,12-13H2,1-4H3,(H,27,33)(H,28,34)/t16-,18-/m0/s1. The smallest absolute Gasteiger partial charge is 0.270 e. The molecule has 1 fully saturated rings. The number of halogens is 1. The van der Waals surface area contributed by atoms with Crippen molar-refractivity contribution in [2.24, 2.45) is 17.3 Å². The van der Waals surface area contributed by atoms with E-state index in [1.54, 1.807) is 19.1 Å². The summed E-state index contributed by atoms with van der Waals surface area (Å²) in [6.45, 7) is 9.26. The van der Waals surface area contributed by atoms with E-state index in [-0.39, 0.29) is 40.8 Å². The lowest BCUT2D eigenvalue weighted by Gasteiger charge is -2.42. The summed E-state index contributed by atoms with van der Waals surface area (Å²) < 4.78 is 14.8. The van der Waals surface area contributed by atoms with E-state index in [2.05, 4.69) is 46.5 Å². The average molecular weight is 467 g/mol. The Bertz CT molecular complexity index is 1220. The number of aromatic nitrogens is 4. The van der Waals surface area contributed by atoms with Crippen LogP contribution in [-0.2, 0) is 6.54 Å². The van der Waals surface area contributed by atoms with Gasteiger partial charge in [-0.25, -0.2) is 9.37 Å². The summed E-state index contributed by atoms with van der Waals surface area (Å²) in [5.74, 6) is -0.0242. The van der Waals surface area contributed by atoms with Gasteiger partial charge < -0.3 is 10.6 Å². The number of aryl methyl sites for hydroxylation is 1. The number of fused-ring (bicyclic) bond motifs is 1. The molecule has 0 radical (unpaired) electrons. The maximum absolute atomic E-state index is 13.5.